The highest BCUT2D eigenvalue weighted by atomic mass is 14.9. The van der Waals surface area contributed by atoms with Gasteiger partial charge in [-0.1, -0.05) is 24.3 Å². The van der Waals surface area contributed by atoms with Gasteiger partial charge in [0.15, 0.2) is 0 Å². The minimum atomic E-state index is 0.744. The molecule has 2 aromatic carbocycles. The number of hydrogen-bond acceptors (Lipinski definition) is 3. The standard InChI is InChI=1S/C15H13N3/c16-12-6-2-7-13(10-12)18-14-8-1-4-11-5-3-9-17-15(11)14/h1-10,18H,16H2. The topological polar surface area (TPSA) is 50.9 Å². The van der Waals surface area contributed by atoms with Crippen molar-refractivity contribution in [1.29, 1.82) is 0 Å². The Morgan fingerprint density at radius 3 is 2.67 bits per heavy atom. The Bertz CT molecular complexity index is 687. The van der Waals surface area contributed by atoms with E-state index in [1.807, 2.05) is 54.6 Å². The van der Waals surface area contributed by atoms with E-state index in [4.69, 9.17) is 5.73 Å². The van der Waals surface area contributed by atoms with E-state index in [1.165, 1.54) is 0 Å². The highest BCUT2D eigenvalue weighted by molar-refractivity contribution is 5.92. The molecule has 0 radical (unpaired) electrons. The highest BCUT2D eigenvalue weighted by Crippen LogP contribution is 2.25. The lowest BCUT2D eigenvalue weighted by Crippen LogP contribution is -1.94. The second-order valence-electron chi connectivity index (χ2n) is 4.13. The van der Waals surface area contributed by atoms with Crippen LogP contribution < -0.4 is 11.1 Å². The Labute approximate surface area is 105 Å². The summed E-state index contributed by atoms with van der Waals surface area (Å²) >= 11 is 0. The van der Waals surface area contributed by atoms with Crippen LogP contribution >= 0.6 is 0 Å². The highest BCUT2D eigenvalue weighted by Gasteiger charge is 2.01. The molecule has 3 heteroatoms. The molecule has 0 aliphatic carbocycles. The molecular weight excluding hydrogens is 222 g/mol. The Morgan fingerprint density at radius 1 is 0.944 bits per heavy atom. The first kappa shape index (κ1) is 10.6. The minimum Gasteiger partial charge on any atom is -0.399 e. The van der Waals surface area contributed by atoms with Gasteiger partial charge in [0.25, 0.3) is 0 Å². The smallest absolute Gasteiger partial charge is 0.0936 e. The lowest BCUT2D eigenvalue weighted by atomic mass is 10.2. The molecule has 18 heavy (non-hydrogen) atoms. The molecule has 0 unspecified atom stereocenters. The van der Waals surface area contributed by atoms with Crippen molar-refractivity contribution in [1.82, 2.24) is 4.98 Å². The lowest BCUT2D eigenvalue weighted by molar-refractivity contribution is 1.40. The number of anilines is 3. The van der Waals surface area contributed by atoms with Crippen LogP contribution in [0.2, 0.25) is 0 Å². The molecule has 0 bridgehead atoms. The monoisotopic (exact) mass is 235 g/mol. The molecule has 0 saturated heterocycles. The predicted octanol–water partition coefficient (Wildman–Crippen LogP) is 3.56. The van der Waals surface area contributed by atoms with Crippen molar-refractivity contribution in [2.75, 3.05) is 11.1 Å². The second-order valence-corrected chi connectivity index (χ2v) is 4.13. The van der Waals surface area contributed by atoms with Crippen molar-refractivity contribution in [2.24, 2.45) is 0 Å². The number of nitrogen functional groups attached to an aromatic ring is 1. The molecule has 0 aliphatic heterocycles. The van der Waals surface area contributed by atoms with E-state index < -0.39 is 0 Å². The van der Waals surface area contributed by atoms with Gasteiger partial charge in [0.2, 0.25) is 0 Å². The zero-order valence-electron chi connectivity index (χ0n) is 9.80. The third kappa shape index (κ3) is 1.98. The maximum atomic E-state index is 5.77. The van der Waals surface area contributed by atoms with Crippen LogP contribution in [0, 0.1) is 0 Å². The van der Waals surface area contributed by atoms with Gasteiger partial charge >= 0.3 is 0 Å². The van der Waals surface area contributed by atoms with Crippen molar-refractivity contribution in [3.05, 3.63) is 60.8 Å². The number of rotatable bonds is 2. The summed E-state index contributed by atoms with van der Waals surface area (Å²) in [6.07, 6.45) is 1.80. The number of para-hydroxylation sites is 1. The van der Waals surface area contributed by atoms with Gasteiger partial charge in [-0.05, 0) is 30.3 Å². The predicted molar refractivity (Wildman–Crippen MR) is 75.9 cm³/mol. The van der Waals surface area contributed by atoms with Crippen molar-refractivity contribution >= 4 is 28.0 Å². The van der Waals surface area contributed by atoms with Crippen molar-refractivity contribution in [3.63, 3.8) is 0 Å². The number of nitrogens with two attached hydrogens (primary N) is 1. The molecular formula is C15H13N3. The first-order chi connectivity index (χ1) is 8.83. The largest absolute Gasteiger partial charge is 0.399 e. The van der Waals surface area contributed by atoms with Gasteiger partial charge in [-0.3, -0.25) is 4.98 Å². The number of hydrogen-bond donors (Lipinski definition) is 2. The van der Waals surface area contributed by atoms with Gasteiger partial charge in [0.05, 0.1) is 11.2 Å². The first-order valence-electron chi connectivity index (χ1n) is 5.79. The Hall–Kier alpha value is -2.55. The van der Waals surface area contributed by atoms with E-state index >= 15 is 0 Å². The van der Waals surface area contributed by atoms with Gasteiger partial charge in [0.1, 0.15) is 0 Å². The number of nitrogens with one attached hydrogen (secondary N) is 1. The van der Waals surface area contributed by atoms with Gasteiger partial charge in [-0.2, -0.15) is 0 Å². The molecule has 3 N–H and O–H groups in total. The molecule has 0 amide bonds. The average Bonchev–Trinajstić information content (AvgIpc) is 2.39. The number of pyridine rings is 1. The van der Waals surface area contributed by atoms with Crippen molar-refractivity contribution in [3.8, 4) is 0 Å². The van der Waals surface area contributed by atoms with E-state index in [1.54, 1.807) is 6.20 Å². The van der Waals surface area contributed by atoms with Crippen LogP contribution in [0.25, 0.3) is 10.9 Å². The summed E-state index contributed by atoms with van der Waals surface area (Å²) in [5, 5.41) is 4.46. The molecule has 88 valence electrons. The van der Waals surface area contributed by atoms with E-state index in [9.17, 15) is 0 Å². The quantitative estimate of drug-likeness (QED) is 0.668. The molecule has 3 aromatic rings. The normalized spacial score (nSPS) is 10.4. The summed E-state index contributed by atoms with van der Waals surface area (Å²) in [6, 6.07) is 17.7. The van der Waals surface area contributed by atoms with Crippen LogP contribution in [0.15, 0.2) is 60.8 Å². The molecule has 1 aromatic heterocycles. The third-order valence-electron chi connectivity index (χ3n) is 2.80. The number of nitrogens with zero attached hydrogens (tertiary/aromatic N) is 1. The zero-order chi connectivity index (χ0) is 12.4. The van der Waals surface area contributed by atoms with Crippen molar-refractivity contribution in [2.45, 2.75) is 0 Å². The molecule has 0 saturated carbocycles. The van der Waals surface area contributed by atoms with E-state index in [2.05, 4.69) is 10.3 Å². The van der Waals surface area contributed by atoms with E-state index in [0.29, 0.717) is 0 Å². The minimum absolute atomic E-state index is 0.744. The molecule has 0 spiro atoms. The molecule has 0 aliphatic rings. The van der Waals surface area contributed by atoms with Crippen LogP contribution in [-0.4, -0.2) is 4.98 Å². The van der Waals surface area contributed by atoms with Crippen LogP contribution in [0.3, 0.4) is 0 Å². The summed E-state index contributed by atoms with van der Waals surface area (Å²) in [4.78, 5) is 4.41. The van der Waals surface area contributed by atoms with Crippen molar-refractivity contribution < 1.29 is 0 Å². The molecule has 3 nitrogen and oxygen atoms in total. The Balaban J connectivity index is 2.05. The van der Waals surface area contributed by atoms with Gasteiger partial charge in [0, 0.05) is 23.0 Å². The Kier molecular flexibility index (Phi) is 2.57. The fourth-order valence-corrected chi connectivity index (χ4v) is 1.98. The summed E-state index contributed by atoms with van der Waals surface area (Å²) in [7, 11) is 0. The maximum Gasteiger partial charge on any atom is 0.0936 e. The number of fused-ring (bicyclic) bond motifs is 1. The molecule has 0 atom stereocenters. The number of benzene rings is 2. The SMILES string of the molecule is Nc1cccc(Nc2cccc3cccnc23)c1. The zero-order valence-corrected chi connectivity index (χ0v) is 9.80. The summed E-state index contributed by atoms with van der Waals surface area (Å²) < 4.78 is 0. The summed E-state index contributed by atoms with van der Waals surface area (Å²) in [5.41, 5.74) is 9.42. The summed E-state index contributed by atoms with van der Waals surface area (Å²) in [6.45, 7) is 0. The van der Waals surface area contributed by atoms with E-state index in [-0.39, 0.29) is 0 Å². The van der Waals surface area contributed by atoms with Crippen LogP contribution in [0.4, 0.5) is 17.1 Å². The number of aromatic nitrogens is 1. The summed E-state index contributed by atoms with van der Waals surface area (Å²) in [5.74, 6) is 0. The van der Waals surface area contributed by atoms with Gasteiger partial charge in [-0.15, -0.1) is 0 Å². The second kappa shape index (κ2) is 4.37. The molecule has 3 rings (SSSR count). The maximum absolute atomic E-state index is 5.77. The van der Waals surface area contributed by atoms with Gasteiger partial charge in [-0.25, -0.2) is 0 Å². The van der Waals surface area contributed by atoms with Crippen LogP contribution in [0.5, 0.6) is 0 Å². The molecule has 0 fully saturated rings. The third-order valence-corrected chi connectivity index (χ3v) is 2.80. The van der Waals surface area contributed by atoms with Gasteiger partial charge < -0.3 is 11.1 Å². The Morgan fingerprint density at radius 2 is 1.78 bits per heavy atom. The fourth-order valence-electron chi connectivity index (χ4n) is 1.98. The van der Waals surface area contributed by atoms with E-state index in [0.717, 1.165) is 28.0 Å². The lowest BCUT2D eigenvalue weighted by Gasteiger charge is -2.09. The molecule has 1 heterocycles. The van der Waals surface area contributed by atoms with Crippen LogP contribution in [-0.2, 0) is 0 Å². The fraction of sp³-hybridized carbons (Fsp3) is 0. The first-order valence-corrected chi connectivity index (χ1v) is 5.79. The van der Waals surface area contributed by atoms with Crippen LogP contribution in [0.1, 0.15) is 0 Å². The average molecular weight is 235 g/mol.